The van der Waals surface area contributed by atoms with Gasteiger partial charge >= 0.3 is 0 Å². The maximum atomic E-state index is 12.8. The van der Waals surface area contributed by atoms with E-state index in [1.54, 1.807) is 17.4 Å². The minimum absolute atomic E-state index is 0.126. The third kappa shape index (κ3) is 5.25. The highest BCUT2D eigenvalue weighted by Crippen LogP contribution is 2.28. The zero-order valence-electron chi connectivity index (χ0n) is 18.6. The van der Waals surface area contributed by atoms with Crippen LogP contribution in [0.15, 0.2) is 52.4 Å². The van der Waals surface area contributed by atoms with Crippen LogP contribution in [0.4, 0.5) is 0 Å². The zero-order valence-corrected chi connectivity index (χ0v) is 19.4. The zero-order chi connectivity index (χ0) is 21.8. The Kier molecular flexibility index (Phi) is 6.58. The molecule has 1 N–H and O–H groups in total. The van der Waals surface area contributed by atoms with E-state index in [9.17, 15) is 4.79 Å². The van der Waals surface area contributed by atoms with Crippen LogP contribution in [0.1, 0.15) is 67.7 Å². The molecule has 1 aliphatic rings. The van der Waals surface area contributed by atoms with E-state index >= 15 is 0 Å². The highest BCUT2D eigenvalue weighted by molar-refractivity contribution is 7.13. The van der Waals surface area contributed by atoms with Crippen LogP contribution in [0.3, 0.4) is 0 Å². The van der Waals surface area contributed by atoms with Gasteiger partial charge < -0.3 is 9.84 Å². The van der Waals surface area contributed by atoms with Crippen LogP contribution in [0, 0.1) is 0 Å². The largest absolute Gasteiger partial charge is 0.355 e. The Bertz CT molecular complexity index is 981. The van der Waals surface area contributed by atoms with Gasteiger partial charge in [0, 0.05) is 12.6 Å². The van der Waals surface area contributed by atoms with Gasteiger partial charge in [0.25, 0.3) is 5.91 Å². The Labute approximate surface area is 188 Å². The van der Waals surface area contributed by atoms with E-state index in [-0.39, 0.29) is 17.4 Å². The van der Waals surface area contributed by atoms with Crippen molar-refractivity contribution in [2.24, 2.45) is 0 Å². The molecule has 1 atom stereocenters. The van der Waals surface area contributed by atoms with E-state index in [2.05, 4.69) is 60.4 Å². The molecule has 0 bridgehead atoms. The normalized spacial score (nSPS) is 16.2. The minimum atomic E-state index is -0.195. The SMILES string of the molecule is CC(C)(C)c1ccc(C(CNC(=O)c2cc(-c3cccs3)on2)N2CCCCC2)cc1. The lowest BCUT2D eigenvalue weighted by Crippen LogP contribution is -2.40. The lowest BCUT2D eigenvalue weighted by molar-refractivity contribution is 0.0915. The molecule has 1 saturated heterocycles. The number of thiophene rings is 1. The molecule has 1 aromatic carbocycles. The molecule has 2 aromatic heterocycles. The number of aromatic nitrogens is 1. The second kappa shape index (κ2) is 9.37. The van der Waals surface area contributed by atoms with Crippen molar-refractivity contribution in [3.8, 4) is 10.6 Å². The van der Waals surface area contributed by atoms with Gasteiger partial charge in [-0.15, -0.1) is 11.3 Å². The van der Waals surface area contributed by atoms with Gasteiger partial charge in [-0.25, -0.2) is 0 Å². The minimum Gasteiger partial charge on any atom is -0.355 e. The molecule has 1 amide bonds. The molecular formula is C25H31N3O2S. The van der Waals surface area contributed by atoms with Crippen molar-refractivity contribution in [1.82, 2.24) is 15.4 Å². The lowest BCUT2D eigenvalue weighted by Gasteiger charge is -2.35. The standard InChI is InChI=1S/C25H31N3O2S/c1-25(2,3)19-11-9-18(10-12-19)21(28-13-5-4-6-14-28)17-26-24(29)20-16-22(30-27-20)23-8-7-15-31-23/h7-12,15-16,21H,4-6,13-14,17H2,1-3H3,(H,26,29). The van der Waals surface area contributed by atoms with E-state index < -0.39 is 0 Å². The van der Waals surface area contributed by atoms with E-state index in [1.165, 1.54) is 30.4 Å². The number of nitrogens with zero attached hydrogens (tertiary/aromatic N) is 2. The maximum Gasteiger partial charge on any atom is 0.273 e. The third-order valence-corrected chi connectivity index (χ3v) is 6.84. The van der Waals surface area contributed by atoms with Crippen LogP contribution in [0.25, 0.3) is 10.6 Å². The van der Waals surface area contributed by atoms with Gasteiger partial charge in [-0.3, -0.25) is 9.69 Å². The number of piperidine rings is 1. The smallest absolute Gasteiger partial charge is 0.273 e. The van der Waals surface area contributed by atoms with Crippen molar-refractivity contribution in [2.75, 3.05) is 19.6 Å². The fourth-order valence-corrected chi connectivity index (χ4v) is 4.76. The van der Waals surface area contributed by atoms with Gasteiger partial charge in [-0.05, 0) is 53.9 Å². The summed E-state index contributed by atoms with van der Waals surface area (Å²) in [5, 5.41) is 9.06. The van der Waals surface area contributed by atoms with E-state index in [0.717, 1.165) is 18.0 Å². The number of likely N-dealkylation sites (tertiary alicyclic amines) is 1. The fraction of sp³-hybridized carbons (Fsp3) is 0.440. The van der Waals surface area contributed by atoms with Crippen molar-refractivity contribution in [2.45, 2.75) is 51.5 Å². The summed E-state index contributed by atoms with van der Waals surface area (Å²) in [4.78, 5) is 16.2. The van der Waals surface area contributed by atoms with Crippen LogP contribution in [-0.4, -0.2) is 35.6 Å². The summed E-state index contributed by atoms with van der Waals surface area (Å²) in [6.45, 7) is 9.36. The molecule has 0 aliphatic carbocycles. The number of amides is 1. The number of hydrogen-bond donors (Lipinski definition) is 1. The van der Waals surface area contributed by atoms with Crippen molar-refractivity contribution in [1.29, 1.82) is 0 Å². The first kappa shape index (κ1) is 21.8. The molecule has 5 nitrogen and oxygen atoms in total. The average molecular weight is 438 g/mol. The topological polar surface area (TPSA) is 58.4 Å². The highest BCUT2D eigenvalue weighted by atomic mass is 32.1. The maximum absolute atomic E-state index is 12.8. The first-order chi connectivity index (χ1) is 14.9. The summed E-state index contributed by atoms with van der Waals surface area (Å²) in [6.07, 6.45) is 3.69. The lowest BCUT2D eigenvalue weighted by atomic mass is 9.86. The summed E-state index contributed by atoms with van der Waals surface area (Å²) >= 11 is 1.57. The van der Waals surface area contributed by atoms with Crippen LogP contribution >= 0.6 is 11.3 Å². The van der Waals surface area contributed by atoms with Gasteiger partial charge in [-0.2, -0.15) is 0 Å². The number of hydrogen-bond acceptors (Lipinski definition) is 5. The van der Waals surface area contributed by atoms with Crippen LogP contribution in [0.5, 0.6) is 0 Å². The first-order valence-electron chi connectivity index (χ1n) is 11.0. The number of nitrogens with one attached hydrogen (secondary N) is 1. The quantitative estimate of drug-likeness (QED) is 0.541. The number of carbonyl (C=O) groups is 1. The number of benzene rings is 1. The fourth-order valence-electron chi connectivity index (χ4n) is 4.09. The number of carbonyl (C=O) groups excluding carboxylic acids is 1. The van der Waals surface area contributed by atoms with Crippen molar-refractivity contribution < 1.29 is 9.32 Å². The first-order valence-corrected chi connectivity index (χ1v) is 11.9. The van der Waals surface area contributed by atoms with Crippen molar-refractivity contribution >= 4 is 17.2 Å². The van der Waals surface area contributed by atoms with Gasteiger partial charge in [0.2, 0.25) is 0 Å². The Balaban J connectivity index is 1.48. The molecule has 3 heterocycles. The number of rotatable bonds is 6. The summed E-state index contributed by atoms with van der Waals surface area (Å²) in [5.74, 6) is 0.436. The predicted octanol–water partition coefficient (Wildman–Crippen LogP) is 5.66. The Morgan fingerprint density at radius 2 is 1.90 bits per heavy atom. The molecule has 164 valence electrons. The molecule has 31 heavy (non-hydrogen) atoms. The molecular weight excluding hydrogens is 406 g/mol. The predicted molar refractivity (Wildman–Crippen MR) is 125 cm³/mol. The molecule has 0 radical (unpaired) electrons. The second-order valence-electron chi connectivity index (χ2n) is 9.25. The monoisotopic (exact) mass is 437 g/mol. The molecule has 4 rings (SSSR count). The molecule has 6 heteroatoms. The summed E-state index contributed by atoms with van der Waals surface area (Å²) in [5.41, 5.74) is 3.01. The van der Waals surface area contributed by atoms with E-state index in [4.69, 9.17) is 4.52 Å². The molecule has 1 unspecified atom stereocenters. The second-order valence-corrected chi connectivity index (χ2v) is 10.2. The Hall–Kier alpha value is -2.44. The van der Waals surface area contributed by atoms with Gasteiger partial charge in [0.15, 0.2) is 11.5 Å². The van der Waals surface area contributed by atoms with Gasteiger partial charge in [0.1, 0.15) is 0 Å². The van der Waals surface area contributed by atoms with Crippen molar-refractivity contribution in [3.05, 3.63) is 64.7 Å². The molecule has 0 spiro atoms. The van der Waals surface area contributed by atoms with Gasteiger partial charge in [-0.1, -0.05) is 62.7 Å². The highest BCUT2D eigenvalue weighted by Gasteiger charge is 2.24. The van der Waals surface area contributed by atoms with Crippen LogP contribution in [-0.2, 0) is 5.41 Å². The summed E-state index contributed by atoms with van der Waals surface area (Å²) in [6, 6.07) is 14.7. The third-order valence-electron chi connectivity index (χ3n) is 5.96. The molecule has 1 aliphatic heterocycles. The van der Waals surface area contributed by atoms with E-state index in [1.807, 2.05) is 17.5 Å². The average Bonchev–Trinajstić information content (AvgIpc) is 3.46. The van der Waals surface area contributed by atoms with Crippen LogP contribution in [0.2, 0.25) is 0 Å². The van der Waals surface area contributed by atoms with Crippen molar-refractivity contribution in [3.63, 3.8) is 0 Å². The molecule has 0 saturated carbocycles. The van der Waals surface area contributed by atoms with Gasteiger partial charge in [0.05, 0.1) is 10.9 Å². The van der Waals surface area contributed by atoms with E-state index in [0.29, 0.717) is 18.0 Å². The van der Waals surface area contributed by atoms with Crippen LogP contribution < -0.4 is 5.32 Å². The summed E-state index contributed by atoms with van der Waals surface area (Å²) in [7, 11) is 0. The molecule has 1 fully saturated rings. The summed E-state index contributed by atoms with van der Waals surface area (Å²) < 4.78 is 5.37. The molecule has 3 aromatic rings. The Morgan fingerprint density at radius 1 is 1.16 bits per heavy atom. The Morgan fingerprint density at radius 3 is 2.55 bits per heavy atom.